The monoisotopic (exact) mass is 391 g/mol. The molecule has 144 valence electrons. The molecule has 3 nitrogen and oxygen atoms in total. The van der Waals surface area contributed by atoms with Gasteiger partial charge in [-0.3, -0.25) is 0 Å². The van der Waals surface area contributed by atoms with E-state index in [2.05, 4.69) is 29.8 Å². The van der Waals surface area contributed by atoms with Gasteiger partial charge in [-0.05, 0) is 46.4 Å². The molecule has 0 fully saturated rings. The van der Waals surface area contributed by atoms with Gasteiger partial charge in [0.25, 0.3) is 0 Å². The quantitative estimate of drug-likeness (QED) is 0.531. The number of hydrogen-bond donors (Lipinski definition) is 1. The van der Waals surface area contributed by atoms with Gasteiger partial charge in [0, 0.05) is 0 Å². The number of hydrogen-bond acceptors (Lipinski definition) is 2. The summed E-state index contributed by atoms with van der Waals surface area (Å²) >= 11 is 0. The Bertz CT molecular complexity index is 1130. The Morgan fingerprint density at radius 2 is 1.71 bits per heavy atom. The van der Waals surface area contributed by atoms with Crippen molar-refractivity contribution < 1.29 is 8.42 Å². The molecule has 0 radical (unpaired) electrons. The second kappa shape index (κ2) is 7.90. The predicted octanol–water partition coefficient (Wildman–Crippen LogP) is 5.62. The summed E-state index contributed by atoms with van der Waals surface area (Å²) in [5.74, 6) is 0. The van der Waals surface area contributed by atoms with Gasteiger partial charge in [0.1, 0.15) is 0 Å². The largest absolute Gasteiger partial charge is 0.241 e. The minimum absolute atomic E-state index is 0.368. The zero-order valence-corrected chi connectivity index (χ0v) is 16.9. The van der Waals surface area contributed by atoms with Crippen LogP contribution < -0.4 is 4.72 Å². The standard InChI is InChI=1S/C24H25NO2S/c1-2-3-4-9-18-10-5-6-15-23(18)28(26,27)25-22-17-16-20-12-7-11-19-13-8-14-21(22)24(19)20/h5-8,10-17,22,25H,2-4,9H2,1H3. The first-order valence-electron chi connectivity index (χ1n) is 9.90. The number of aryl methyl sites for hydroxylation is 1. The van der Waals surface area contributed by atoms with Crippen LogP contribution in [0.2, 0.25) is 0 Å². The third kappa shape index (κ3) is 3.62. The maximum Gasteiger partial charge on any atom is 0.241 e. The minimum atomic E-state index is -3.63. The van der Waals surface area contributed by atoms with Crippen molar-refractivity contribution in [3.8, 4) is 0 Å². The minimum Gasteiger partial charge on any atom is -0.207 e. The van der Waals surface area contributed by atoms with Gasteiger partial charge in [-0.2, -0.15) is 4.72 Å². The van der Waals surface area contributed by atoms with Crippen LogP contribution in [-0.4, -0.2) is 8.42 Å². The highest BCUT2D eigenvalue weighted by Gasteiger charge is 2.25. The Kier molecular flexibility index (Phi) is 5.33. The van der Waals surface area contributed by atoms with E-state index in [0.717, 1.165) is 53.1 Å². The second-order valence-corrected chi connectivity index (χ2v) is 9.00. The summed E-state index contributed by atoms with van der Waals surface area (Å²) in [6, 6.07) is 19.2. The molecule has 0 amide bonds. The number of rotatable bonds is 7. The lowest BCUT2D eigenvalue weighted by molar-refractivity contribution is 0.573. The van der Waals surface area contributed by atoms with Gasteiger partial charge in [-0.25, -0.2) is 8.42 Å². The lowest BCUT2D eigenvalue weighted by Gasteiger charge is -2.23. The van der Waals surface area contributed by atoms with Gasteiger partial charge < -0.3 is 0 Å². The molecule has 0 bridgehead atoms. The molecule has 1 atom stereocenters. The van der Waals surface area contributed by atoms with E-state index >= 15 is 0 Å². The van der Waals surface area contributed by atoms with Crippen LogP contribution in [0.5, 0.6) is 0 Å². The summed E-state index contributed by atoms with van der Waals surface area (Å²) in [5.41, 5.74) is 3.02. The molecular weight excluding hydrogens is 366 g/mol. The number of nitrogens with one attached hydrogen (secondary N) is 1. The maximum absolute atomic E-state index is 13.2. The topological polar surface area (TPSA) is 46.2 Å². The van der Waals surface area contributed by atoms with Gasteiger partial charge in [0.15, 0.2) is 0 Å². The van der Waals surface area contributed by atoms with Gasteiger partial charge >= 0.3 is 0 Å². The third-order valence-corrected chi connectivity index (χ3v) is 6.91. The maximum atomic E-state index is 13.2. The smallest absolute Gasteiger partial charge is 0.207 e. The number of sulfonamides is 1. The van der Waals surface area contributed by atoms with E-state index < -0.39 is 10.0 Å². The first kappa shape index (κ1) is 18.9. The number of benzene rings is 3. The van der Waals surface area contributed by atoms with Crippen molar-refractivity contribution in [1.29, 1.82) is 0 Å². The van der Waals surface area contributed by atoms with E-state index in [1.807, 2.05) is 42.5 Å². The lowest BCUT2D eigenvalue weighted by atomic mass is 9.91. The molecule has 3 aromatic rings. The molecule has 1 unspecified atom stereocenters. The number of unbranched alkanes of at least 4 members (excludes halogenated alkanes) is 2. The van der Waals surface area contributed by atoms with E-state index in [9.17, 15) is 8.42 Å². The average molecular weight is 392 g/mol. The van der Waals surface area contributed by atoms with E-state index in [4.69, 9.17) is 0 Å². The highest BCUT2D eigenvalue weighted by molar-refractivity contribution is 7.89. The van der Waals surface area contributed by atoms with Crippen molar-refractivity contribution in [1.82, 2.24) is 4.72 Å². The highest BCUT2D eigenvalue weighted by Crippen LogP contribution is 2.34. The summed E-state index contributed by atoms with van der Waals surface area (Å²) in [6.45, 7) is 2.15. The molecule has 0 saturated heterocycles. The van der Waals surface area contributed by atoms with Crippen LogP contribution in [0.1, 0.15) is 48.9 Å². The Labute approximate surface area is 167 Å². The third-order valence-electron chi connectivity index (χ3n) is 5.37. The normalized spacial score (nSPS) is 15.8. The van der Waals surface area contributed by atoms with Crippen molar-refractivity contribution >= 4 is 26.9 Å². The predicted molar refractivity (Wildman–Crippen MR) is 116 cm³/mol. The van der Waals surface area contributed by atoms with Gasteiger partial charge in [0.05, 0.1) is 10.9 Å². The molecule has 0 saturated carbocycles. The Morgan fingerprint density at radius 3 is 2.54 bits per heavy atom. The molecule has 4 rings (SSSR count). The zero-order valence-electron chi connectivity index (χ0n) is 16.1. The van der Waals surface area contributed by atoms with Crippen LogP contribution in [0.4, 0.5) is 0 Å². The molecule has 0 aromatic heterocycles. The Morgan fingerprint density at radius 1 is 0.929 bits per heavy atom. The highest BCUT2D eigenvalue weighted by atomic mass is 32.2. The van der Waals surface area contributed by atoms with Crippen LogP contribution in [-0.2, 0) is 16.4 Å². The van der Waals surface area contributed by atoms with Gasteiger partial charge in [0.2, 0.25) is 10.0 Å². The zero-order chi connectivity index (χ0) is 19.6. The summed E-state index contributed by atoms with van der Waals surface area (Å²) < 4.78 is 29.4. The van der Waals surface area contributed by atoms with Crippen LogP contribution in [0.25, 0.3) is 16.8 Å². The summed E-state index contributed by atoms with van der Waals surface area (Å²) in [6.07, 6.45) is 7.95. The first-order chi connectivity index (χ1) is 13.6. The SMILES string of the molecule is CCCCCc1ccccc1S(=O)(=O)NC1C=Cc2cccc3cccc1c23. The second-order valence-electron chi connectivity index (χ2n) is 7.32. The van der Waals surface area contributed by atoms with E-state index in [-0.39, 0.29) is 6.04 Å². The molecular formula is C24H25NO2S. The van der Waals surface area contributed by atoms with Crippen molar-refractivity contribution in [2.45, 2.75) is 43.5 Å². The van der Waals surface area contributed by atoms with Gasteiger partial charge in [-0.15, -0.1) is 0 Å². The van der Waals surface area contributed by atoms with Gasteiger partial charge in [-0.1, -0.05) is 86.5 Å². The molecule has 0 aliphatic heterocycles. The molecule has 0 spiro atoms. The molecule has 28 heavy (non-hydrogen) atoms. The van der Waals surface area contributed by atoms with Crippen molar-refractivity contribution in [2.24, 2.45) is 0 Å². The summed E-state index contributed by atoms with van der Waals surface area (Å²) in [7, 11) is -3.63. The molecule has 4 heteroatoms. The Hall–Kier alpha value is -2.43. The molecule has 0 heterocycles. The van der Waals surface area contributed by atoms with Crippen molar-refractivity contribution in [3.63, 3.8) is 0 Å². The molecule has 1 N–H and O–H groups in total. The van der Waals surface area contributed by atoms with Crippen molar-refractivity contribution in [3.05, 3.63) is 83.4 Å². The lowest BCUT2D eigenvalue weighted by Crippen LogP contribution is -2.29. The average Bonchev–Trinajstić information content (AvgIpc) is 2.71. The van der Waals surface area contributed by atoms with Crippen molar-refractivity contribution in [2.75, 3.05) is 0 Å². The van der Waals surface area contributed by atoms with E-state index in [1.54, 1.807) is 12.1 Å². The fraction of sp³-hybridized carbons (Fsp3) is 0.250. The van der Waals surface area contributed by atoms with Crippen LogP contribution >= 0.6 is 0 Å². The Balaban J connectivity index is 1.67. The van der Waals surface area contributed by atoms with Crippen LogP contribution in [0.15, 0.2) is 71.6 Å². The first-order valence-corrected chi connectivity index (χ1v) is 11.4. The fourth-order valence-electron chi connectivity index (χ4n) is 3.97. The summed E-state index contributed by atoms with van der Waals surface area (Å²) in [4.78, 5) is 0.394. The van der Waals surface area contributed by atoms with E-state index in [0.29, 0.717) is 4.90 Å². The fourth-order valence-corrected chi connectivity index (χ4v) is 5.41. The van der Waals surface area contributed by atoms with Crippen LogP contribution in [0, 0.1) is 0 Å². The van der Waals surface area contributed by atoms with E-state index in [1.165, 1.54) is 0 Å². The summed E-state index contributed by atoms with van der Waals surface area (Å²) in [5, 5.41) is 2.25. The molecule has 3 aromatic carbocycles. The van der Waals surface area contributed by atoms with Crippen LogP contribution in [0.3, 0.4) is 0 Å². The molecule has 1 aliphatic rings. The molecule has 1 aliphatic carbocycles.